The summed E-state index contributed by atoms with van der Waals surface area (Å²) in [6, 6.07) is 13.7. The number of hydrogen-bond donors (Lipinski definition) is 0. The van der Waals surface area contributed by atoms with Crippen molar-refractivity contribution in [2.45, 2.75) is 11.5 Å². The lowest BCUT2D eigenvalue weighted by Gasteiger charge is -2.12. The minimum atomic E-state index is -0.487. The van der Waals surface area contributed by atoms with E-state index in [1.54, 1.807) is 62.6 Å². The van der Waals surface area contributed by atoms with Crippen molar-refractivity contribution in [3.63, 3.8) is 0 Å². The number of thioether (sulfide) groups is 1. The van der Waals surface area contributed by atoms with Crippen molar-refractivity contribution in [2.75, 3.05) is 27.0 Å². The van der Waals surface area contributed by atoms with Gasteiger partial charge in [-0.25, -0.2) is 9.59 Å². The fourth-order valence-corrected chi connectivity index (χ4v) is 3.18. The van der Waals surface area contributed by atoms with Gasteiger partial charge in [0.15, 0.2) is 0 Å². The number of methoxy groups -OCH3 is 1. The van der Waals surface area contributed by atoms with Crippen LogP contribution in [0, 0.1) is 0 Å². The van der Waals surface area contributed by atoms with Gasteiger partial charge in [-0.15, -0.1) is 11.8 Å². The summed E-state index contributed by atoms with van der Waals surface area (Å²) in [5.74, 6) is -0.740. The minimum absolute atomic E-state index is 0.0271. The molecule has 27 heavy (non-hydrogen) atoms. The Labute approximate surface area is 162 Å². The quantitative estimate of drug-likeness (QED) is 0.537. The van der Waals surface area contributed by atoms with E-state index in [1.807, 2.05) is 0 Å². The van der Waals surface area contributed by atoms with Gasteiger partial charge >= 0.3 is 11.9 Å². The molecule has 0 aliphatic carbocycles. The van der Waals surface area contributed by atoms with E-state index >= 15 is 0 Å². The Morgan fingerprint density at radius 2 is 1.74 bits per heavy atom. The lowest BCUT2D eigenvalue weighted by Crippen LogP contribution is -2.23. The van der Waals surface area contributed by atoms with E-state index in [2.05, 4.69) is 4.74 Å². The van der Waals surface area contributed by atoms with E-state index in [0.29, 0.717) is 21.6 Å². The average molecular weight is 387 g/mol. The number of carbonyl (C=O) groups excluding carboxylic acids is 3. The maximum absolute atomic E-state index is 12.5. The second kappa shape index (κ2) is 9.78. The van der Waals surface area contributed by atoms with Gasteiger partial charge in [-0.2, -0.15) is 0 Å². The number of amides is 1. The summed E-state index contributed by atoms with van der Waals surface area (Å²) in [5, 5.41) is 0. The molecule has 0 atom stereocenters. The maximum atomic E-state index is 12.5. The lowest BCUT2D eigenvalue weighted by molar-refractivity contribution is -0.125. The Bertz CT molecular complexity index is 835. The molecule has 0 saturated heterocycles. The van der Waals surface area contributed by atoms with E-state index in [0.717, 1.165) is 0 Å². The number of esters is 2. The number of rotatable bonds is 7. The molecule has 6 nitrogen and oxygen atoms in total. The van der Waals surface area contributed by atoms with Gasteiger partial charge in [0.2, 0.25) is 5.91 Å². The molecule has 0 heterocycles. The van der Waals surface area contributed by atoms with Gasteiger partial charge in [0.25, 0.3) is 0 Å². The Hall–Kier alpha value is -2.80. The summed E-state index contributed by atoms with van der Waals surface area (Å²) in [7, 11) is 4.68. The van der Waals surface area contributed by atoms with Crippen molar-refractivity contribution < 1.29 is 23.9 Å². The standard InChI is InChI=1S/C20H21NO5S/c1-21(2)18(22)13-27-17-10-5-4-9-16(17)20(24)26-12-14-7-6-8-15(11-14)19(23)25-3/h4-11H,12-13H2,1-3H3. The Balaban J connectivity index is 2.04. The zero-order valence-corrected chi connectivity index (χ0v) is 16.2. The van der Waals surface area contributed by atoms with Crippen molar-refractivity contribution >= 4 is 29.6 Å². The number of hydrogen-bond acceptors (Lipinski definition) is 6. The zero-order valence-electron chi connectivity index (χ0n) is 15.4. The number of benzene rings is 2. The molecule has 0 aromatic heterocycles. The van der Waals surface area contributed by atoms with E-state index < -0.39 is 11.9 Å². The summed E-state index contributed by atoms with van der Waals surface area (Å²) < 4.78 is 10.1. The SMILES string of the molecule is COC(=O)c1cccc(COC(=O)c2ccccc2SCC(=O)N(C)C)c1. The maximum Gasteiger partial charge on any atom is 0.339 e. The van der Waals surface area contributed by atoms with Crippen molar-refractivity contribution in [3.05, 3.63) is 65.2 Å². The topological polar surface area (TPSA) is 72.9 Å². The predicted molar refractivity (Wildman–Crippen MR) is 103 cm³/mol. The van der Waals surface area contributed by atoms with Gasteiger partial charge in [-0.3, -0.25) is 4.79 Å². The van der Waals surface area contributed by atoms with Crippen LogP contribution in [0.2, 0.25) is 0 Å². The molecule has 0 fully saturated rings. The van der Waals surface area contributed by atoms with Crippen molar-refractivity contribution in [1.82, 2.24) is 4.90 Å². The van der Waals surface area contributed by atoms with Crippen LogP contribution in [0.4, 0.5) is 0 Å². The van der Waals surface area contributed by atoms with Gasteiger partial charge in [0, 0.05) is 19.0 Å². The van der Waals surface area contributed by atoms with Crippen LogP contribution < -0.4 is 0 Å². The number of nitrogens with zero attached hydrogens (tertiary/aromatic N) is 1. The van der Waals surface area contributed by atoms with Crippen molar-refractivity contribution in [3.8, 4) is 0 Å². The molecule has 0 bridgehead atoms. The Morgan fingerprint density at radius 1 is 1.00 bits per heavy atom. The predicted octanol–water partition coefficient (Wildman–Crippen LogP) is 3.01. The van der Waals surface area contributed by atoms with Gasteiger partial charge in [-0.1, -0.05) is 24.3 Å². The molecule has 1 amide bonds. The summed E-state index contributed by atoms with van der Waals surface area (Å²) in [4.78, 5) is 38.0. The second-order valence-electron chi connectivity index (χ2n) is 5.84. The van der Waals surface area contributed by atoms with Crippen LogP contribution in [0.15, 0.2) is 53.4 Å². The fourth-order valence-electron chi connectivity index (χ4n) is 2.16. The van der Waals surface area contributed by atoms with Gasteiger partial charge in [-0.05, 0) is 29.8 Å². The van der Waals surface area contributed by atoms with E-state index in [4.69, 9.17) is 4.74 Å². The molecule has 2 aromatic carbocycles. The molecule has 0 unspecified atom stereocenters. The summed E-state index contributed by atoms with van der Waals surface area (Å²) in [6.45, 7) is 0.0271. The van der Waals surface area contributed by atoms with Crippen LogP contribution in [0.3, 0.4) is 0 Å². The van der Waals surface area contributed by atoms with Crippen LogP contribution >= 0.6 is 11.8 Å². The van der Waals surface area contributed by atoms with E-state index in [9.17, 15) is 14.4 Å². The smallest absolute Gasteiger partial charge is 0.339 e. The zero-order chi connectivity index (χ0) is 19.8. The first kappa shape index (κ1) is 20.5. The van der Waals surface area contributed by atoms with Gasteiger partial charge in [0.1, 0.15) is 6.61 Å². The molecule has 0 spiro atoms. The third-order valence-corrected chi connectivity index (χ3v) is 4.73. The monoisotopic (exact) mass is 387 g/mol. The highest BCUT2D eigenvalue weighted by molar-refractivity contribution is 8.00. The highest BCUT2D eigenvalue weighted by atomic mass is 32.2. The highest BCUT2D eigenvalue weighted by Crippen LogP contribution is 2.24. The van der Waals surface area contributed by atoms with Gasteiger partial charge < -0.3 is 14.4 Å². The molecular formula is C20H21NO5S. The lowest BCUT2D eigenvalue weighted by atomic mass is 10.1. The first-order valence-corrected chi connectivity index (χ1v) is 9.17. The molecule has 2 aromatic rings. The summed E-state index contributed by atoms with van der Waals surface area (Å²) in [6.07, 6.45) is 0. The van der Waals surface area contributed by atoms with E-state index in [1.165, 1.54) is 23.8 Å². The Morgan fingerprint density at radius 3 is 2.44 bits per heavy atom. The van der Waals surface area contributed by atoms with Gasteiger partial charge in [0.05, 0.1) is 24.0 Å². The van der Waals surface area contributed by atoms with Crippen LogP contribution in [0.1, 0.15) is 26.3 Å². The summed E-state index contributed by atoms with van der Waals surface area (Å²) in [5.41, 5.74) is 1.47. The molecular weight excluding hydrogens is 366 g/mol. The molecule has 0 aliphatic heterocycles. The van der Waals surface area contributed by atoms with E-state index in [-0.39, 0.29) is 18.3 Å². The second-order valence-corrected chi connectivity index (χ2v) is 6.86. The molecule has 0 saturated carbocycles. The molecule has 142 valence electrons. The number of ether oxygens (including phenoxy) is 2. The molecule has 2 rings (SSSR count). The molecule has 0 N–H and O–H groups in total. The van der Waals surface area contributed by atoms with Crippen LogP contribution in [-0.4, -0.2) is 49.7 Å². The largest absolute Gasteiger partial charge is 0.465 e. The van der Waals surface area contributed by atoms with Crippen LogP contribution in [0.25, 0.3) is 0 Å². The van der Waals surface area contributed by atoms with Crippen LogP contribution in [-0.2, 0) is 20.9 Å². The molecule has 7 heteroatoms. The van der Waals surface area contributed by atoms with Crippen molar-refractivity contribution in [1.29, 1.82) is 0 Å². The third kappa shape index (κ3) is 5.86. The fraction of sp³-hybridized carbons (Fsp3) is 0.250. The minimum Gasteiger partial charge on any atom is -0.465 e. The highest BCUT2D eigenvalue weighted by Gasteiger charge is 2.15. The third-order valence-electron chi connectivity index (χ3n) is 3.67. The molecule has 0 radical (unpaired) electrons. The first-order valence-electron chi connectivity index (χ1n) is 8.18. The molecule has 0 aliphatic rings. The average Bonchev–Trinajstić information content (AvgIpc) is 2.69. The normalized spacial score (nSPS) is 10.2. The number of carbonyl (C=O) groups is 3. The Kier molecular flexibility index (Phi) is 7.43. The van der Waals surface area contributed by atoms with Crippen molar-refractivity contribution in [2.24, 2.45) is 0 Å². The van der Waals surface area contributed by atoms with Crippen LogP contribution in [0.5, 0.6) is 0 Å². The summed E-state index contributed by atoms with van der Waals surface area (Å²) >= 11 is 1.29. The first-order chi connectivity index (χ1) is 12.9.